The van der Waals surface area contributed by atoms with Gasteiger partial charge in [0, 0.05) is 14.1 Å². The summed E-state index contributed by atoms with van der Waals surface area (Å²) in [5.41, 5.74) is 2.42. The van der Waals surface area contributed by atoms with Gasteiger partial charge in [0.05, 0.1) is 0 Å². The van der Waals surface area contributed by atoms with Crippen LogP contribution in [0.1, 0.15) is 21.1 Å². The van der Waals surface area contributed by atoms with E-state index in [4.69, 9.17) is 9.52 Å². The van der Waals surface area contributed by atoms with Crippen LogP contribution in [0, 0.1) is 0 Å². The Balaban J connectivity index is 2.76. The van der Waals surface area contributed by atoms with E-state index in [2.05, 4.69) is 5.43 Å². The molecule has 1 amide bonds. The Bertz CT molecular complexity index is 356. The number of carboxylic acids is 1. The number of nitrogens with one attached hydrogen (secondary N) is 1. The first kappa shape index (κ1) is 10.3. The predicted octanol–water partition coefficient (Wildman–Crippen LogP) is 0.184. The van der Waals surface area contributed by atoms with E-state index in [1.54, 1.807) is 14.1 Å². The molecular weight excluding hydrogens is 188 g/mol. The molecule has 76 valence electrons. The average molecular weight is 198 g/mol. The van der Waals surface area contributed by atoms with Crippen molar-refractivity contribution < 1.29 is 19.1 Å². The highest BCUT2D eigenvalue weighted by Gasteiger charge is 2.14. The van der Waals surface area contributed by atoms with Crippen LogP contribution in [0.5, 0.6) is 0 Å². The molecule has 1 rings (SSSR count). The molecule has 0 saturated carbocycles. The summed E-state index contributed by atoms with van der Waals surface area (Å²) >= 11 is 0. The van der Waals surface area contributed by atoms with Gasteiger partial charge in [-0.3, -0.25) is 10.2 Å². The quantitative estimate of drug-likeness (QED) is 0.677. The van der Waals surface area contributed by atoms with Gasteiger partial charge in [0.25, 0.3) is 0 Å². The monoisotopic (exact) mass is 198 g/mol. The Morgan fingerprint density at radius 3 is 2.36 bits per heavy atom. The fourth-order valence-electron chi connectivity index (χ4n) is 0.833. The van der Waals surface area contributed by atoms with Crippen LogP contribution in [-0.2, 0) is 0 Å². The van der Waals surface area contributed by atoms with E-state index in [1.807, 2.05) is 0 Å². The van der Waals surface area contributed by atoms with Gasteiger partial charge in [-0.25, -0.2) is 9.80 Å². The van der Waals surface area contributed by atoms with Gasteiger partial charge < -0.3 is 9.52 Å². The Morgan fingerprint density at radius 1 is 1.36 bits per heavy atom. The van der Waals surface area contributed by atoms with Crippen LogP contribution in [0.2, 0.25) is 0 Å². The summed E-state index contributed by atoms with van der Waals surface area (Å²) in [6.45, 7) is 0. The van der Waals surface area contributed by atoms with E-state index in [1.165, 1.54) is 17.1 Å². The van der Waals surface area contributed by atoms with Crippen molar-refractivity contribution in [3.05, 3.63) is 23.7 Å². The summed E-state index contributed by atoms with van der Waals surface area (Å²) in [7, 11) is 3.28. The minimum absolute atomic E-state index is 0.0314. The van der Waals surface area contributed by atoms with Crippen LogP contribution >= 0.6 is 0 Å². The number of aromatic carboxylic acids is 1. The summed E-state index contributed by atoms with van der Waals surface area (Å²) in [6.07, 6.45) is 0. The number of rotatable bonds is 3. The normalized spacial score (nSPS) is 10.2. The molecule has 6 nitrogen and oxygen atoms in total. The molecule has 0 aliphatic heterocycles. The maximum Gasteiger partial charge on any atom is 0.371 e. The average Bonchev–Trinajstić information content (AvgIpc) is 2.50. The first-order chi connectivity index (χ1) is 6.50. The third-order valence-corrected chi connectivity index (χ3v) is 1.37. The van der Waals surface area contributed by atoms with E-state index >= 15 is 0 Å². The molecule has 2 N–H and O–H groups in total. The predicted molar refractivity (Wildman–Crippen MR) is 46.8 cm³/mol. The highest BCUT2D eigenvalue weighted by molar-refractivity contribution is 5.93. The van der Waals surface area contributed by atoms with Crippen LogP contribution < -0.4 is 5.43 Å². The lowest BCUT2D eigenvalue weighted by molar-refractivity contribution is 0.0657. The van der Waals surface area contributed by atoms with Gasteiger partial charge in [0.15, 0.2) is 5.76 Å². The molecule has 0 unspecified atom stereocenters. The van der Waals surface area contributed by atoms with E-state index in [9.17, 15) is 9.59 Å². The van der Waals surface area contributed by atoms with E-state index in [0.717, 1.165) is 0 Å². The molecule has 1 heterocycles. The van der Waals surface area contributed by atoms with Crippen LogP contribution in [0.25, 0.3) is 0 Å². The standard InChI is InChI=1S/C8H10N2O4/c1-10(2)9-7(11)5-3-4-6(14-5)8(12)13/h3-4H,1-2H3,(H,9,11)(H,12,13). The van der Waals surface area contributed by atoms with Crippen molar-refractivity contribution in [3.8, 4) is 0 Å². The number of hydrazine groups is 1. The van der Waals surface area contributed by atoms with Gasteiger partial charge in [0.2, 0.25) is 5.76 Å². The molecule has 6 heteroatoms. The first-order valence-corrected chi connectivity index (χ1v) is 3.82. The summed E-state index contributed by atoms with van der Waals surface area (Å²) in [6, 6.07) is 2.54. The number of hydrogen-bond donors (Lipinski definition) is 2. The molecule has 0 atom stereocenters. The summed E-state index contributed by atoms with van der Waals surface area (Å²) in [5, 5.41) is 9.96. The molecule has 0 bridgehead atoms. The molecule has 0 saturated heterocycles. The molecule has 1 aromatic heterocycles. The Kier molecular flexibility index (Phi) is 2.88. The largest absolute Gasteiger partial charge is 0.475 e. The Labute approximate surface area is 80.1 Å². The lowest BCUT2D eigenvalue weighted by Crippen LogP contribution is -2.35. The lowest BCUT2D eigenvalue weighted by atomic mass is 10.4. The van der Waals surface area contributed by atoms with Gasteiger partial charge in [-0.1, -0.05) is 0 Å². The van der Waals surface area contributed by atoms with Gasteiger partial charge in [-0.05, 0) is 12.1 Å². The molecule has 0 radical (unpaired) electrons. The second kappa shape index (κ2) is 3.93. The minimum atomic E-state index is -1.20. The molecule has 0 fully saturated rings. The third kappa shape index (κ3) is 2.33. The van der Waals surface area contributed by atoms with Crippen molar-refractivity contribution in [1.29, 1.82) is 0 Å². The minimum Gasteiger partial charge on any atom is -0.475 e. The second-order valence-electron chi connectivity index (χ2n) is 2.80. The topological polar surface area (TPSA) is 82.8 Å². The summed E-state index contributed by atoms with van der Waals surface area (Å²) in [4.78, 5) is 21.7. The lowest BCUT2D eigenvalue weighted by Gasteiger charge is -2.09. The number of nitrogens with zero attached hydrogens (tertiary/aromatic N) is 1. The van der Waals surface area contributed by atoms with E-state index < -0.39 is 11.9 Å². The van der Waals surface area contributed by atoms with Crippen molar-refractivity contribution in [2.75, 3.05) is 14.1 Å². The maximum atomic E-state index is 11.3. The SMILES string of the molecule is CN(C)NC(=O)c1ccc(C(=O)O)o1. The first-order valence-electron chi connectivity index (χ1n) is 3.82. The zero-order valence-corrected chi connectivity index (χ0v) is 7.77. The Hall–Kier alpha value is -1.82. The van der Waals surface area contributed by atoms with Crippen LogP contribution in [0.15, 0.2) is 16.5 Å². The number of furan rings is 1. The van der Waals surface area contributed by atoms with Crippen LogP contribution in [0.3, 0.4) is 0 Å². The van der Waals surface area contributed by atoms with Crippen molar-refractivity contribution in [3.63, 3.8) is 0 Å². The summed E-state index contributed by atoms with van der Waals surface area (Å²) in [5.74, 6) is -1.97. The summed E-state index contributed by atoms with van der Waals surface area (Å²) < 4.78 is 4.77. The molecule has 0 spiro atoms. The zero-order valence-electron chi connectivity index (χ0n) is 7.77. The fraction of sp³-hybridized carbons (Fsp3) is 0.250. The number of hydrogen-bond acceptors (Lipinski definition) is 4. The number of carboxylic acid groups (broad SMARTS) is 1. The molecule has 1 aromatic rings. The van der Waals surface area contributed by atoms with Crippen molar-refractivity contribution in [1.82, 2.24) is 10.4 Å². The van der Waals surface area contributed by atoms with Crippen LogP contribution in [0.4, 0.5) is 0 Å². The fourth-order valence-corrected chi connectivity index (χ4v) is 0.833. The van der Waals surface area contributed by atoms with Crippen molar-refractivity contribution in [2.24, 2.45) is 0 Å². The molecule has 0 aliphatic carbocycles. The van der Waals surface area contributed by atoms with Gasteiger partial charge in [0.1, 0.15) is 0 Å². The van der Waals surface area contributed by atoms with E-state index in [0.29, 0.717) is 0 Å². The number of carbonyl (C=O) groups excluding carboxylic acids is 1. The highest BCUT2D eigenvalue weighted by Crippen LogP contribution is 2.07. The van der Waals surface area contributed by atoms with Gasteiger partial charge in [-0.2, -0.15) is 0 Å². The third-order valence-electron chi connectivity index (χ3n) is 1.37. The van der Waals surface area contributed by atoms with Crippen molar-refractivity contribution in [2.45, 2.75) is 0 Å². The van der Waals surface area contributed by atoms with Gasteiger partial charge >= 0.3 is 11.9 Å². The molecule has 0 aromatic carbocycles. The van der Waals surface area contributed by atoms with Gasteiger partial charge in [-0.15, -0.1) is 0 Å². The van der Waals surface area contributed by atoms with Crippen LogP contribution in [-0.4, -0.2) is 36.1 Å². The number of amides is 1. The second-order valence-corrected chi connectivity index (χ2v) is 2.80. The maximum absolute atomic E-state index is 11.3. The van der Waals surface area contributed by atoms with Crippen molar-refractivity contribution >= 4 is 11.9 Å². The highest BCUT2D eigenvalue weighted by atomic mass is 16.4. The molecular formula is C8H10N2O4. The van der Waals surface area contributed by atoms with E-state index in [-0.39, 0.29) is 11.5 Å². The molecule has 14 heavy (non-hydrogen) atoms. The molecule has 0 aliphatic rings. The Morgan fingerprint density at radius 2 is 1.93 bits per heavy atom. The smallest absolute Gasteiger partial charge is 0.371 e. The number of carbonyl (C=O) groups is 2. The zero-order chi connectivity index (χ0) is 10.7.